The van der Waals surface area contributed by atoms with Crippen LogP contribution in [-0.4, -0.2) is 25.5 Å². The fraction of sp³-hybridized carbons (Fsp3) is 0.562. The van der Waals surface area contributed by atoms with E-state index >= 15 is 0 Å². The summed E-state index contributed by atoms with van der Waals surface area (Å²) < 4.78 is 13.3. The van der Waals surface area contributed by atoms with Crippen LogP contribution in [-0.2, 0) is 11.2 Å². The average Bonchev–Trinajstić information content (AvgIpc) is 2.89. The highest BCUT2D eigenvalue weighted by molar-refractivity contribution is 5.95. The molecule has 1 saturated heterocycles. The van der Waals surface area contributed by atoms with Gasteiger partial charge in [0.15, 0.2) is 0 Å². The molecule has 4 heteroatoms. The van der Waals surface area contributed by atoms with Crippen LogP contribution in [0.4, 0.5) is 10.1 Å². The van der Waals surface area contributed by atoms with Crippen LogP contribution in [0.2, 0.25) is 0 Å². The number of piperidine rings is 1. The normalized spacial score (nSPS) is 21.9. The van der Waals surface area contributed by atoms with Gasteiger partial charge < -0.3 is 10.2 Å². The van der Waals surface area contributed by atoms with Gasteiger partial charge in [-0.2, -0.15) is 0 Å². The Morgan fingerprint density at radius 1 is 1.45 bits per heavy atom. The van der Waals surface area contributed by atoms with E-state index in [0.29, 0.717) is 18.9 Å². The first-order valence-electron chi connectivity index (χ1n) is 7.53. The molecule has 0 aromatic heterocycles. The largest absolute Gasteiger partial charge is 0.316 e. The molecule has 1 amide bonds. The summed E-state index contributed by atoms with van der Waals surface area (Å²) in [5.41, 5.74) is 1.86. The Morgan fingerprint density at radius 2 is 2.35 bits per heavy atom. The van der Waals surface area contributed by atoms with Crippen molar-refractivity contribution in [2.45, 2.75) is 32.1 Å². The van der Waals surface area contributed by atoms with Crippen molar-refractivity contribution in [3.8, 4) is 0 Å². The maximum absolute atomic E-state index is 13.3. The topological polar surface area (TPSA) is 32.3 Å². The van der Waals surface area contributed by atoms with Crippen LogP contribution < -0.4 is 10.2 Å². The molecule has 1 aromatic carbocycles. The summed E-state index contributed by atoms with van der Waals surface area (Å²) in [4.78, 5) is 14.1. The molecule has 1 aromatic rings. The zero-order chi connectivity index (χ0) is 13.9. The van der Waals surface area contributed by atoms with Gasteiger partial charge in [0, 0.05) is 18.7 Å². The lowest BCUT2D eigenvalue weighted by Gasteiger charge is -2.24. The van der Waals surface area contributed by atoms with E-state index in [0.717, 1.165) is 37.2 Å². The first-order chi connectivity index (χ1) is 9.74. The highest BCUT2D eigenvalue weighted by atomic mass is 19.1. The van der Waals surface area contributed by atoms with Crippen LogP contribution in [0.15, 0.2) is 18.2 Å². The molecule has 1 atom stereocenters. The van der Waals surface area contributed by atoms with Gasteiger partial charge in [0.25, 0.3) is 0 Å². The maximum Gasteiger partial charge on any atom is 0.227 e. The highest BCUT2D eigenvalue weighted by Crippen LogP contribution is 2.29. The number of hydrogen-bond donors (Lipinski definition) is 1. The number of carbonyl (C=O) groups is 1. The Kier molecular flexibility index (Phi) is 4.01. The first kappa shape index (κ1) is 13.6. The average molecular weight is 276 g/mol. The van der Waals surface area contributed by atoms with Crippen LogP contribution in [0.25, 0.3) is 0 Å². The Labute approximate surface area is 119 Å². The zero-order valence-electron chi connectivity index (χ0n) is 11.7. The Bertz CT molecular complexity index is 497. The minimum atomic E-state index is -0.264. The molecule has 108 valence electrons. The van der Waals surface area contributed by atoms with Crippen molar-refractivity contribution >= 4 is 11.6 Å². The number of carbonyl (C=O) groups excluding carboxylic acids is 1. The fourth-order valence-electron chi connectivity index (χ4n) is 3.24. The number of hydrogen-bond acceptors (Lipinski definition) is 2. The Morgan fingerprint density at radius 3 is 3.15 bits per heavy atom. The second-order valence-corrected chi connectivity index (χ2v) is 5.82. The van der Waals surface area contributed by atoms with Gasteiger partial charge in [-0.3, -0.25) is 4.79 Å². The molecule has 0 aliphatic carbocycles. The molecule has 0 saturated carbocycles. The minimum absolute atomic E-state index is 0.139. The van der Waals surface area contributed by atoms with Gasteiger partial charge in [-0.25, -0.2) is 4.39 Å². The first-order valence-corrected chi connectivity index (χ1v) is 7.53. The van der Waals surface area contributed by atoms with Crippen LogP contribution >= 0.6 is 0 Å². The van der Waals surface area contributed by atoms with Gasteiger partial charge in [0.2, 0.25) is 5.91 Å². The van der Waals surface area contributed by atoms with Gasteiger partial charge >= 0.3 is 0 Å². The van der Waals surface area contributed by atoms with E-state index in [4.69, 9.17) is 0 Å². The summed E-state index contributed by atoms with van der Waals surface area (Å²) in [5.74, 6) is 0.488. The summed E-state index contributed by atoms with van der Waals surface area (Å²) in [6.07, 6.45) is 4.77. The molecular formula is C16H21FN2O. The number of fused-ring (bicyclic) bond motifs is 1. The third kappa shape index (κ3) is 2.85. The zero-order valence-corrected chi connectivity index (χ0v) is 11.7. The molecule has 2 aliphatic heterocycles. The third-order valence-electron chi connectivity index (χ3n) is 4.41. The molecule has 1 fully saturated rings. The number of rotatable bonds is 3. The highest BCUT2D eigenvalue weighted by Gasteiger charge is 2.25. The van der Waals surface area contributed by atoms with E-state index in [-0.39, 0.29) is 11.7 Å². The van der Waals surface area contributed by atoms with E-state index < -0.39 is 0 Å². The van der Waals surface area contributed by atoms with Gasteiger partial charge in [-0.1, -0.05) is 6.07 Å². The molecular weight excluding hydrogens is 255 g/mol. The quantitative estimate of drug-likeness (QED) is 0.920. The number of nitrogens with zero attached hydrogens (tertiary/aromatic N) is 1. The van der Waals surface area contributed by atoms with Crippen LogP contribution in [0.5, 0.6) is 0 Å². The molecule has 3 nitrogen and oxygen atoms in total. The van der Waals surface area contributed by atoms with E-state index in [1.807, 2.05) is 0 Å². The summed E-state index contributed by atoms with van der Waals surface area (Å²) >= 11 is 0. The fourth-order valence-corrected chi connectivity index (χ4v) is 3.24. The SMILES string of the molecule is O=C(CCC1CCCNC1)N1CCc2ccc(F)cc21. The predicted octanol–water partition coefficient (Wildman–Crippen LogP) is 2.49. The van der Waals surface area contributed by atoms with Crippen molar-refractivity contribution in [3.63, 3.8) is 0 Å². The second-order valence-electron chi connectivity index (χ2n) is 5.82. The smallest absolute Gasteiger partial charge is 0.227 e. The van der Waals surface area contributed by atoms with Crippen LogP contribution in [0.1, 0.15) is 31.2 Å². The monoisotopic (exact) mass is 276 g/mol. The van der Waals surface area contributed by atoms with Crippen molar-refractivity contribution in [2.75, 3.05) is 24.5 Å². The van der Waals surface area contributed by atoms with Crippen molar-refractivity contribution in [3.05, 3.63) is 29.6 Å². The molecule has 1 N–H and O–H groups in total. The molecule has 0 spiro atoms. The van der Waals surface area contributed by atoms with Gasteiger partial charge in [-0.15, -0.1) is 0 Å². The summed E-state index contributed by atoms with van der Waals surface area (Å²) in [6, 6.07) is 4.76. The van der Waals surface area contributed by atoms with Crippen molar-refractivity contribution in [1.29, 1.82) is 0 Å². The number of nitrogens with one attached hydrogen (secondary N) is 1. The Hall–Kier alpha value is -1.42. The van der Waals surface area contributed by atoms with Crippen LogP contribution in [0.3, 0.4) is 0 Å². The molecule has 20 heavy (non-hydrogen) atoms. The number of amides is 1. The van der Waals surface area contributed by atoms with E-state index in [1.54, 1.807) is 11.0 Å². The number of benzene rings is 1. The predicted molar refractivity (Wildman–Crippen MR) is 77.3 cm³/mol. The van der Waals surface area contributed by atoms with E-state index in [9.17, 15) is 9.18 Å². The lowest BCUT2D eigenvalue weighted by atomic mass is 9.94. The van der Waals surface area contributed by atoms with E-state index in [2.05, 4.69) is 5.32 Å². The summed E-state index contributed by atoms with van der Waals surface area (Å²) in [7, 11) is 0. The standard InChI is InChI=1S/C16H21FN2O/c17-14-5-4-13-7-9-19(15(13)10-14)16(20)6-3-12-2-1-8-18-11-12/h4-5,10,12,18H,1-3,6-9,11H2. The van der Waals surface area contributed by atoms with E-state index in [1.165, 1.54) is 25.0 Å². The molecule has 0 bridgehead atoms. The van der Waals surface area contributed by atoms with Gasteiger partial charge in [0.1, 0.15) is 5.82 Å². The van der Waals surface area contributed by atoms with Crippen molar-refractivity contribution in [2.24, 2.45) is 5.92 Å². The number of anilines is 1. The van der Waals surface area contributed by atoms with Gasteiger partial charge in [-0.05, 0) is 62.4 Å². The minimum Gasteiger partial charge on any atom is -0.316 e. The van der Waals surface area contributed by atoms with Crippen molar-refractivity contribution < 1.29 is 9.18 Å². The Balaban J connectivity index is 1.60. The molecule has 1 unspecified atom stereocenters. The lowest BCUT2D eigenvalue weighted by molar-refractivity contribution is -0.118. The summed E-state index contributed by atoms with van der Waals surface area (Å²) in [6.45, 7) is 2.82. The van der Waals surface area contributed by atoms with Gasteiger partial charge in [0.05, 0.1) is 0 Å². The molecule has 3 rings (SSSR count). The third-order valence-corrected chi connectivity index (χ3v) is 4.41. The number of halogens is 1. The lowest BCUT2D eigenvalue weighted by Crippen LogP contribution is -2.32. The van der Waals surface area contributed by atoms with Crippen molar-refractivity contribution in [1.82, 2.24) is 5.32 Å². The maximum atomic E-state index is 13.3. The summed E-state index contributed by atoms with van der Waals surface area (Å²) in [5, 5.41) is 3.38. The molecule has 2 heterocycles. The second kappa shape index (κ2) is 5.92. The van der Waals surface area contributed by atoms with Crippen LogP contribution in [0, 0.1) is 11.7 Å². The molecule has 2 aliphatic rings. The molecule has 0 radical (unpaired) electrons.